The van der Waals surface area contributed by atoms with Crippen molar-refractivity contribution in [3.63, 3.8) is 0 Å². The molecule has 0 heterocycles. The molecule has 3 N–H and O–H groups in total. The van der Waals surface area contributed by atoms with E-state index in [9.17, 15) is 19.0 Å². The predicted molar refractivity (Wildman–Crippen MR) is 275 cm³/mol. The highest BCUT2D eigenvalue weighted by Crippen LogP contribution is 2.43. The van der Waals surface area contributed by atoms with Gasteiger partial charge >= 0.3 is 19.8 Å². The quantitative estimate of drug-likeness (QED) is 0.0265. The molecular weight excluding hydrogens is 834 g/mol. The maximum absolute atomic E-state index is 12.6. The van der Waals surface area contributed by atoms with Crippen molar-refractivity contribution >= 4 is 19.8 Å². The van der Waals surface area contributed by atoms with E-state index in [1.807, 2.05) is 0 Å². The van der Waals surface area contributed by atoms with Crippen LogP contribution in [0.2, 0.25) is 0 Å². The van der Waals surface area contributed by atoms with Crippen molar-refractivity contribution in [1.29, 1.82) is 0 Å². The summed E-state index contributed by atoms with van der Waals surface area (Å²) in [5.41, 5.74) is 5.33. The van der Waals surface area contributed by atoms with Crippen molar-refractivity contribution in [3.05, 3.63) is 85.1 Å². The summed E-state index contributed by atoms with van der Waals surface area (Å²) in [6.45, 7) is 3.52. The van der Waals surface area contributed by atoms with Gasteiger partial charge in [0.05, 0.1) is 13.2 Å². The number of hydrogen-bond acceptors (Lipinski definition) is 8. The highest BCUT2D eigenvalue weighted by molar-refractivity contribution is 7.47. The Morgan fingerprint density at radius 3 is 1.26 bits per heavy atom. The first-order chi connectivity index (χ1) is 31.8. The number of esters is 2. The highest BCUT2D eigenvalue weighted by atomic mass is 31.2. The van der Waals surface area contributed by atoms with Gasteiger partial charge in [-0.25, -0.2) is 4.57 Å². The largest absolute Gasteiger partial charge is 0.472 e. The van der Waals surface area contributed by atoms with Crippen molar-refractivity contribution in [1.82, 2.24) is 0 Å². The first-order valence-electron chi connectivity index (χ1n) is 26.1. The second-order valence-corrected chi connectivity index (χ2v) is 18.5. The normalized spacial score (nSPS) is 13.8. The Balaban J connectivity index is 3.73. The number of phosphoric acid groups is 1. The molecule has 0 saturated carbocycles. The smallest absolute Gasteiger partial charge is 0.462 e. The van der Waals surface area contributed by atoms with Gasteiger partial charge in [0.25, 0.3) is 0 Å². The van der Waals surface area contributed by atoms with E-state index in [-0.39, 0.29) is 32.6 Å². The lowest BCUT2D eigenvalue weighted by atomic mass is 10.0. The zero-order valence-corrected chi connectivity index (χ0v) is 42.3. The molecule has 0 rings (SSSR count). The number of unbranched alkanes of at least 4 members (excludes halogenated alkanes) is 21. The lowest BCUT2D eigenvalue weighted by molar-refractivity contribution is -0.161. The molecule has 0 fully saturated rings. The van der Waals surface area contributed by atoms with Crippen LogP contribution in [0, 0.1) is 0 Å². The number of carbonyl (C=O) groups excluding carboxylic acids is 2. The molecule has 10 heteroatoms. The summed E-state index contributed by atoms with van der Waals surface area (Å²) in [4.78, 5) is 34.6. The van der Waals surface area contributed by atoms with E-state index in [4.69, 9.17) is 24.3 Å². The van der Waals surface area contributed by atoms with Crippen LogP contribution in [-0.2, 0) is 32.7 Å². The monoisotopic (exact) mass is 930 g/mol. The summed E-state index contributed by atoms with van der Waals surface area (Å²) in [5, 5.41) is 0. The third-order valence-electron chi connectivity index (χ3n) is 10.8. The van der Waals surface area contributed by atoms with Gasteiger partial charge in [0.1, 0.15) is 6.61 Å². The molecule has 0 amide bonds. The Hall–Kier alpha value is -2.81. The van der Waals surface area contributed by atoms with E-state index >= 15 is 0 Å². The average Bonchev–Trinajstić information content (AvgIpc) is 3.30. The molecule has 0 aliphatic rings. The zero-order chi connectivity index (χ0) is 47.4. The third-order valence-corrected chi connectivity index (χ3v) is 11.8. The number of allylic oxidation sites excluding steroid dienone is 14. The predicted octanol–water partition coefficient (Wildman–Crippen LogP) is 16.0. The van der Waals surface area contributed by atoms with Gasteiger partial charge < -0.3 is 20.1 Å². The van der Waals surface area contributed by atoms with Crippen LogP contribution < -0.4 is 5.73 Å². The van der Waals surface area contributed by atoms with Crippen LogP contribution >= 0.6 is 7.82 Å². The summed E-state index contributed by atoms with van der Waals surface area (Å²) >= 11 is 0. The van der Waals surface area contributed by atoms with Crippen molar-refractivity contribution in [2.75, 3.05) is 26.4 Å². The van der Waals surface area contributed by atoms with E-state index < -0.39 is 32.5 Å². The average molecular weight is 930 g/mol. The molecule has 0 radical (unpaired) electrons. The summed E-state index contributed by atoms with van der Waals surface area (Å²) in [6.07, 6.45) is 65.7. The minimum atomic E-state index is -4.37. The molecule has 0 aliphatic carbocycles. The molecule has 0 aromatic heterocycles. The van der Waals surface area contributed by atoms with Crippen LogP contribution in [0.3, 0.4) is 0 Å². The van der Waals surface area contributed by atoms with Crippen LogP contribution in [0.1, 0.15) is 219 Å². The molecule has 374 valence electrons. The van der Waals surface area contributed by atoms with Gasteiger partial charge in [-0.15, -0.1) is 0 Å². The maximum atomic E-state index is 12.6. The molecule has 0 aromatic carbocycles. The van der Waals surface area contributed by atoms with Gasteiger partial charge in [0.2, 0.25) is 0 Å². The first kappa shape index (κ1) is 62.2. The minimum absolute atomic E-state index is 0.0524. The van der Waals surface area contributed by atoms with Gasteiger partial charge in [-0.05, 0) is 70.6 Å². The Morgan fingerprint density at radius 1 is 0.477 bits per heavy atom. The Bertz CT molecular complexity index is 1340. The Morgan fingerprint density at radius 2 is 0.846 bits per heavy atom. The van der Waals surface area contributed by atoms with Gasteiger partial charge in [0.15, 0.2) is 6.10 Å². The molecule has 0 spiro atoms. The van der Waals surface area contributed by atoms with E-state index in [1.165, 1.54) is 89.9 Å². The fraction of sp³-hybridized carbons (Fsp3) is 0.709. The highest BCUT2D eigenvalue weighted by Gasteiger charge is 2.26. The van der Waals surface area contributed by atoms with Gasteiger partial charge in [-0.2, -0.15) is 0 Å². The van der Waals surface area contributed by atoms with Crippen molar-refractivity contribution in [3.8, 4) is 0 Å². The van der Waals surface area contributed by atoms with Crippen molar-refractivity contribution in [2.24, 2.45) is 5.73 Å². The Kier molecular flexibility index (Phi) is 48.4. The van der Waals surface area contributed by atoms with E-state index in [0.717, 1.165) is 96.3 Å². The van der Waals surface area contributed by atoms with Crippen molar-refractivity contribution < 1.29 is 37.6 Å². The van der Waals surface area contributed by atoms with Crippen LogP contribution in [0.15, 0.2) is 85.1 Å². The summed E-state index contributed by atoms with van der Waals surface area (Å²) in [6, 6.07) is 0. The molecule has 65 heavy (non-hydrogen) atoms. The molecule has 0 bridgehead atoms. The molecule has 2 unspecified atom stereocenters. The fourth-order valence-corrected chi connectivity index (χ4v) is 7.73. The molecular formula is C55H96NO8P. The second-order valence-electron chi connectivity index (χ2n) is 17.0. The molecule has 0 saturated heterocycles. The summed E-state index contributed by atoms with van der Waals surface area (Å²) in [5.74, 6) is -0.841. The molecule has 0 aromatic rings. The van der Waals surface area contributed by atoms with Gasteiger partial charge in [-0.1, -0.05) is 221 Å². The van der Waals surface area contributed by atoms with Crippen LogP contribution in [-0.4, -0.2) is 49.3 Å². The molecule has 2 atom stereocenters. The van der Waals surface area contributed by atoms with Crippen LogP contribution in [0.4, 0.5) is 0 Å². The SMILES string of the molecule is CC/C=C\C/C=C\C/C=C\C/C=C\C/C=C\C/C=C\C/C=C\CCCCCCCCCCCCCCCCCCCC(=O)OC(COC(=O)CCCCCCC)COP(=O)(O)OCCN. The Labute approximate surface area is 398 Å². The second kappa shape index (κ2) is 50.6. The standard InChI is InChI=1S/C55H96NO8P/c1-3-5-7-9-10-11-12-13-14-15-16-17-18-19-20-21-22-23-24-25-26-27-28-29-30-31-32-33-34-35-36-37-38-39-40-41-42-44-46-48-55(58)64-53(52-63-65(59,60)62-50-49-56)51-61-54(57)47-45-43-8-6-4-2/h5,7,10-11,13-14,16-17,19-20,22-23,25-26,53H,3-4,6,8-9,12,15,18,21,24,27-52,56H2,1-2H3,(H,59,60)/b7-5-,11-10-,14-13-,17-16-,20-19-,23-22-,26-25-. The zero-order valence-electron chi connectivity index (χ0n) is 41.4. The number of hydrogen-bond donors (Lipinski definition) is 2. The number of nitrogens with two attached hydrogens (primary N) is 1. The van der Waals surface area contributed by atoms with Gasteiger partial charge in [0, 0.05) is 19.4 Å². The molecule has 9 nitrogen and oxygen atoms in total. The fourth-order valence-electron chi connectivity index (χ4n) is 6.97. The minimum Gasteiger partial charge on any atom is -0.462 e. The van der Waals surface area contributed by atoms with E-state index in [0.29, 0.717) is 6.42 Å². The molecule has 0 aliphatic heterocycles. The first-order valence-corrected chi connectivity index (χ1v) is 27.6. The third kappa shape index (κ3) is 50.4. The maximum Gasteiger partial charge on any atom is 0.472 e. The number of phosphoric ester groups is 1. The van der Waals surface area contributed by atoms with Gasteiger partial charge in [-0.3, -0.25) is 18.6 Å². The number of rotatable bonds is 48. The number of ether oxygens (including phenoxy) is 2. The topological polar surface area (TPSA) is 134 Å². The van der Waals surface area contributed by atoms with E-state index in [1.54, 1.807) is 0 Å². The van der Waals surface area contributed by atoms with Crippen LogP contribution in [0.5, 0.6) is 0 Å². The van der Waals surface area contributed by atoms with E-state index in [2.05, 4.69) is 98.9 Å². The lowest BCUT2D eigenvalue weighted by Gasteiger charge is -2.19. The summed E-state index contributed by atoms with van der Waals surface area (Å²) < 4.78 is 32.6. The summed E-state index contributed by atoms with van der Waals surface area (Å²) in [7, 11) is -4.37. The van der Waals surface area contributed by atoms with Crippen molar-refractivity contribution in [2.45, 2.75) is 225 Å². The lowest BCUT2D eigenvalue weighted by Crippen LogP contribution is -2.29. The number of carbonyl (C=O) groups is 2. The van der Waals surface area contributed by atoms with Crippen LogP contribution in [0.25, 0.3) is 0 Å².